The third kappa shape index (κ3) is 3.45. The van der Waals surface area contributed by atoms with Crippen LogP contribution in [0.1, 0.15) is 12.5 Å². The Hall–Kier alpha value is -2.54. The van der Waals surface area contributed by atoms with Gasteiger partial charge < -0.3 is 15.0 Å². The minimum absolute atomic E-state index is 0.0810. The maximum atomic E-state index is 9.61. The molecule has 0 radical (unpaired) electrons. The fraction of sp³-hybridized carbons (Fsp3) is 0.375. The molecule has 3 rings (SSSR count). The maximum absolute atomic E-state index is 9.61. The van der Waals surface area contributed by atoms with Crippen LogP contribution in [-0.2, 0) is 13.0 Å². The van der Waals surface area contributed by atoms with Gasteiger partial charge >= 0.3 is 0 Å². The number of rotatable bonds is 7. The number of aliphatic hydroxyl groups excluding tert-OH is 1. The van der Waals surface area contributed by atoms with E-state index in [1.165, 1.54) is 6.33 Å². The summed E-state index contributed by atoms with van der Waals surface area (Å²) >= 11 is 0. The lowest BCUT2D eigenvalue weighted by Crippen LogP contribution is -2.21. The Balaban J connectivity index is 1.70. The van der Waals surface area contributed by atoms with E-state index in [1.807, 2.05) is 29.8 Å². The van der Waals surface area contributed by atoms with Gasteiger partial charge in [-0.25, -0.2) is 15.0 Å². The van der Waals surface area contributed by atoms with E-state index in [0.717, 1.165) is 29.7 Å². The molecule has 3 heterocycles. The minimum Gasteiger partial charge on any atom is -0.396 e. The Morgan fingerprint density at radius 1 is 1.30 bits per heavy atom. The molecule has 1 unspecified atom stereocenters. The van der Waals surface area contributed by atoms with Crippen molar-refractivity contribution < 1.29 is 5.11 Å². The van der Waals surface area contributed by atoms with Crippen molar-refractivity contribution in [2.75, 3.05) is 18.5 Å². The summed E-state index contributed by atoms with van der Waals surface area (Å²) in [5.74, 6) is 0.782. The van der Waals surface area contributed by atoms with Crippen molar-refractivity contribution in [3.05, 3.63) is 42.7 Å². The molecule has 0 spiro atoms. The zero-order valence-electron chi connectivity index (χ0n) is 13.1. The number of anilines is 1. The fourth-order valence-electron chi connectivity index (χ4n) is 2.54. The molecule has 0 saturated carbocycles. The van der Waals surface area contributed by atoms with E-state index < -0.39 is 0 Å². The zero-order chi connectivity index (χ0) is 16.1. The number of hydrogen-bond acceptors (Lipinski definition) is 6. The van der Waals surface area contributed by atoms with Gasteiger partial charge in [0.05, 0.1) is 6.33 Å². The Morgan fingerprint density at radius 2 is 2.22 bits per heavy atom. The average molecular weight is 312 g/mol. The van der Waals surface area contributed by atoms with Crippen LogP contribution in [0.3, 0.4) is 0 Å². The molecule has 0 fully saturated rings. The van der Waals surface area contributed by atoms with Crippen LogP contribution >= 0.6 is 0 Å². The van der Waals surface area contributed by atoms with Gasteiger partial charge in [0.2, 0.25) is 0 Å². The fourth-order valence-corrected chi connectivity index (χ4v) is 2.54. The first-order chi connectivity index (χ1) is 11.3. The molecule has 0 aromatic carbocycles. The molecule has 3 aromatic rings. The molecule has 0 aliphatic heterocycles. The van der Waals surface area contributed by atoms with E-state index in [-0.39, 0.29) is 12.5 Å². The first kappa shape index (κ1) is 15.4. The number of aryl methyl sites for hydroxylation is 1. The highest BCUT2D eigenvalue weighted by Crippen LogP contribution is 2.18. The van der Waals surface area contributed by atoms with E-state index in [9.17, 15) is 5.11 Å². The number of nitrogens with one attached hydrogen (secondary N) is 1. The molecule has 3 aromatic heterocycles. The average Bonchev–Trinajstić information content (AvgIpc) is 3.03. The topological polar surface area (TPSA) is 88.8 Å². The molecule has 7 nitrogen and oxygen atoms in total. The maximum Gasteiger partial charge on any atom is 0.165 e. The molecule has 2 N–H and O–H groups in total. The van der Waals surface area contributed by atoms with Gasteiger partial charge in [-0.1, -0.05) is 6.07 Å². The first-order valence-electron chi connectivity index (χ1n) is 7.71. The van der Waals surface area contributed by atoms with E-state index in [4.69, 9.17) is 0 Å². The lowest BCUT2D eigenvalue weighted by molar-refractivity contribution is 0.232. The van der Waals surface area contributed by atoms with Crippen LogP contribution in [0.4, 0.5) is 5.82 Å². The summed E-state index contributed by atoms with van der Waals surface area (Å²) in [6.07, 6.45) is 7.64. The second-order valence-corrected chi connectivity index (χ2v) is 5.42. The SMILES string of the molecule is CCn1cnc2c(NCC(CO)Cc3cccnc3)ncnc21. The van der Waals surface area contributed by atoms with E-state index in [2.05, 4.69) is 25.3 Å². The van der Waals surface area contributed by atoms with Gasteiger partial charge in [0, 0.05) is 38.0 Å². The Kier molecular flexibility index (Phi) is 4.77. The van der Waals surface area contributed by atoms with Gasteiger partial charge in [-0.2, -0.15) is 0 Å². The van der Waals surface area contributed by atoms with E-state index >= 15 is 0 Å². The highest BCUT2D eigenvalue weighted by molar-refractivity contribution is 5.82. The van der Waals surface area contributed by atoms with Gasteiger partial charge in [0.15, 0.2) is 11.5 Å². The van der Waals surface area contributed by atoms with Crippen molar-refractivity contribution in [3.63, 3.8) is 0 Å². The number of nitrogens with zero attached hydrogens (tertiary/aromatic N) is 5. The summed E-state index contributed by atoms with van der Waals surface area (Å²) in [6.45, 7) is 3.56. The Bertz CT molecular complexity index is 758. The van der Waals surface area contributed by atoms with Crippen LogP contribution in [0, 0.1) is 5.92 Å². The third-order valence-corrected chi connectivity index (χ3v) is 3.81. The molecule has 120 valence electrons. The van der Waals surface area contributed by atoms with E-state index in [1.54, 1.807) is 12.5 Å². The van der Waals surface area contributed by atoms with Gasteiger partial charge in [-0.3, -0.25) is 4.98 Å². The molecule has 7 heteroatoms. The molecule has 23 heavy (non-hydrogen) atoms. The second kappa shape index (κ2) is 7.15. The Morgan fingerprint density at radius 3 is 2.96 bits per heavy atom. The highest BCUT2D eigenvalue weighted by atomic mass is 16.3. The molecular weight excluding hydrogens is 292 g/mol. The standard InChI is InChI=1S/C16H20N6O/c1-2-22-11-21-14-15(19-10-20-16(14)22)18-8-13(9-23)6-12-4-3-5-17-7-12/h3-5,7,10-11,13,23H,2,6,8-9H2,1H3,(H,18,19,20). The molecular formula is C16H20N6O. The monoisotopic (exact) mass is 312 g/mol. The molecule has 0 bridgehead atoms. The van der Waals surface area contributed by atoms with Crippen LogP contribution in [0.15, 0.2) is 37.2 Å². The van der Waals surface area contributed by atoms with Crippen LogP contribution in [0.2, 0.25) is 0 Å². The van der Waals surface area contributed by atoms with Crippen molar-refractivity contribution >= 4 is 17.0 Å². The van der Waals surface area contributed by atoms with Crippen LogP contribution in [-0.4, -0.2) is 42.8 Å². The molecule has 0 aliphatic rings. The number of aromatic nitrogens is 5. The summed E-state index contributed by atoms with van der Waals surface area (Å²) in [5.41, 5.74) is 2.68. The quantitative estimate of drug-likeness (QED) is 0.687. The van der Waals surface area contributed by atoms with Gasteiger partial charge in [-0.05, 0) is 25.0 Å². The smallest absolute Gasteiger partial charge is 0.165 e. The molecule has 0 saturated heterocycles. The number of fused-ring (bicyclic) bond motifs is 1. The van der Waals surface area contributed by atoms with Crippen LogP contribution < -0.4 is 5.32 Å². The molecule has 0 aliphatic carbocycles. The Labute approximate surface area is 134 Å². The lowest BCUT2D eigenvalue weighted by Gasteiger charge is -2.15. The number of hydrogen-bond donors (Lipinski definition) is 2. The summed E-state index contributed by atoms with van der Waals surface area (Å²) < 4.78 is 1.97. The summed E-state index contributed by atoms with van der Waals surface area (Å²) in [4.78, 5) is 17.0. The lowest BCUT2D eigenvalue weighted by atomic mass is 10.0. The normalized spacial score (nSPS) is 12.4. The number of pyridine rings is 1. The van der Waals surface area contributed by atoms with E-state index in [0.29, 0.717) is 12.4 Å². The second-order valence-electron chi connectivity index (χ2n) is 5.42. The van der Waals surface area contributed by atoms with Crippen molar-refractivity contribution in [1.29, 1.82) is 0 Å². The van der Waals surface area contributed by atoms with Crippen molar-refractivity contribution in [1.82, 2.24) is 24.5 Å². The van der Waals surface area contributed by atoms with Crippen molar-refractivity contribution in [3.8, 4) is 0 Å². The highest BCUT2D eigenvalue weighted by Gasteiger charge is 2.12. The van der Waals surface area contributed by atoms with Gasteiger partial charge in [0.1, 0.15) is 11.8 Å². The summed E-state index contributed by atoms with van der Waals surface area (Å²) in [7, 11) is 0. The largest absolute Gasteiger partial charge is 0.396 e. The zero-order valence-corrected chi connectivity index (χ0v) is 13.1. The molecule has 0 amide bonds. The van der Waals surface area contributed by atoms with Crippen molar-refractivity contribution in [2.45, 2.75) is 19.9 Å². The number of aliphatic hydroxyl groups is 1. The summed E-state index contributed by atoms with van der Waals surface area (Å²) in [6, 6.07) is 3.92. The van der Waals surface area contributed by atoms with Crippen LogP contribution in [0.25, 0.3) is 11.2 Å². The number of imidazole rings is 1. The van der Waals surface area contributed by atoms with Gasteiger partial charge in [0.25, 0.3) is 0 Å². The van der Waals surface area contributed by atoms with Gasteiger partial charge in [-0.15, -0.1) is 0 Å². The summed E-state index contributed by atoms with van der Waals surface area (Å²) in [5, 5.41) is 12.9. The minimum atomic E-state index is 0.0810. The first-order valence-corrected chi connectivity index (χ1v) is 7.71. The van der Waals surface area contributed by atoms with Crippen molar-refractivity contribution in [2.24, 2.45) is 5.92 Å². The third-order valence-electron chi connectivity index (χ3n) is 3.81. The van der Waals surface area contributed by atoms with Crippen LogP contribution in [0.5, 0.6) is 0 Å². The predicted octanol–water partition coefficient (Wildman–Crippen LogP) is 1.50. The molecule has 1 atom stereocenters. The predicted molar refractivity (Wildman–Crippen MR) is 88.0 cm³/mol.